The lowest BCUT2D eigenvalue weighted by Crippen LogP contribution is -2.47. The first kappa shape index (κ1) is 18.4. The van der Waals surface area contributed by atoms with Gasteiger partial charge in [-0.15, -0.1) is 5.10 Å². The number of anilines is 2. The zero-order chi connectivity index (χ0) is 18.0. The zero-order valence-electron chi connectivity index (χ0n) is 15.5. The standard InChI is InChI=1S/C18H27N5S2/c1-14-6-5-7-15(12-14)22-10-8-21(9-11-22)13-23-17(24)25-16(20-23)19-18(2,3)4/h5-7,12H,8-11,13H2,1-4H3,(H,19,20). The molecule has 7 heteroatoms. The second-order valence-electron chi connectivity index (χ2n) is 7.63. The maximum Gasteiger partial charge on any atom is 0.205 e. The van der Waals surface area contributed by atoms with Crippen molar-refractivity contribution in [3.05, 3.63) is 33.8 Å². The van der Waals surface area contributed by atoms with Crippen molar-refractivity contribution >= 4 is 34.4 Å². The van der Waals surface area contributed by atoms with Gasteiger partial charge in [-0.3, -0.25) is 4.90 Å². The second-order valence-corrected chi connectivity index (χ2v) is 9.26. The Bertz CT molecular complexity index is 766. The summed E-state index contributed by atoms with van der Waals surface area (Å²) in [5, 5.41) is 8.95. The molecule has 1 aromatic heterocycles. The Morgan fingerprint density at radius 1 is 1.20 bits per heavy atom. The summed E-state index contributed by atoms with van der Waals surface area (Å²) < 4.78 is 2.77. The van der Waals surface area contributed by atoms with Crippen LogP contribution in [0.5, 0.6) is 0 Å². The highest BCUT2D eigenvalue weighted by Crippen LogP contribution is 2.21. The molecule has 5 nitrogen and oxygen atoms in total. The van der Waals surface area contributed by atoms with Gasteiger partial charge in [-0.1, -0.05) is 23.5 Å². The van der Waals surface area contributed by atoms with E-state index in [2.05, 4.69) is 72.2 Å². The minimum atomic E-state index is -0.00308. The number of piperazine rings is 1. The zero-order valence-corrected chi connectivity index (χ0v) is 17.1. The second kappa shape index (κ2) is 7.43. The van der Waals surface area contributed by atoms with Crippen LogP contribution in [0, 0.1) is 10.9 Å². The lowest BCUT2D eigenvalue weighted by Gasteiger charge is -2.36. The number of hydrogen-bond donors (Lipinski definition) is 1. The van der Waals surface area contributed by atoms with Crippen LogP contribution in [0.15, 0.2) is 24.3 Å². The molecule has 2 heterocycles. The van der Waals surface area contributed by atoms with E-state index >= 15 is 0 Å². The molecule has 1 saturated heterocycles. The Hall–Kier alpha value is -1.44. The number of rotatable bonds is 4. The third kappa shape index (κ3) is 5.03. The van der Waals surface area contributed by atoms with Crippen molar-refractivity contribution in [3.8, 4) is 0 Å². The molecule has 0 saturated carbocycles. The van der Waals surface area contributed by atoms with Crippen LogP contribution in [-0.2, 0) is 6.67 Å². The SMILES string of the molecule is Cc1cccc(N2CCN(Cn3nc(NC(C)(C)C)sc3=S)CC2)c1. The number of hydrogen-bond acceptors (Lipinski definition) is 6. The first-order chi connectivity index (χ1) is 11.8. The molecule has 0 aliphatic carbocycles. The predicted octanol–water partition coefficient (Wildman–Crippen LogP) is 3.97. The number of benzene rings is 1. The van der Waals surface area contributed by atoms with Gasteiger partial charge in [-0.2, -0.15) is 0 Å². The van der Waals surface area contributed by atoms with Gasteiger partial charge >= 0.3 is 0 Å². The minimum Gasteiger partial charge on any atom is -0.369 e. The number of aryl methyl sites for hydroxylation is 1. The van der Waals surface area contributed by atoms with E-state index in [1.807, 2.05) is 4.68 Å². The smallest absolute Gasteiger partial charge is 0.205 e. The molecule has 1 aromatic carbocycles. The average molecular weight is 378 g/mol. The lowest BCUT2D eigenvalue weighted by molar-refractivity contribution is 0.195. The highest BCUT2D eigenvalue weighted by Gasteiger charge is 2.19. The van der Waals surface area contributed by atoms with Crippen LogP contribution in [0.4, 0.5) is 10.8 Å². The van der Waals surface area contributed by atoms with Gasteiger partial charge in [0.2, 0.25) is 5.13 Å². The van der Waals surface area contributed by atoms with Crippen molar-refractivity contribution in [3.63, 3.8) is 0 Å². The summed E-state index contributed by atoms with van der Waals surface area (Å²) in [6.45, 7) is 13.4. The van der Waals surface area contributed by atoms with Gasteiger partial charge in [0.25, 0.3) is 0 Å². The first-order valence-corrected chi connectivity index (χ1v) is 9.93. The highest BCUT2D eigenvalue weighted by atomic mass is 32.1. The van der Waals surface area contributed by atoms with E-state index in [-0.39, 0.29) is 5.54 Å². The normalized spacial score (nSPS) is 16.2. The first-order valence-electron chi connectivity index (χ1n) is 8.70. The Morgan fingerprint density at radius 2 is 1.92 bits per heavy atom. The lowest BCUT2D eigenvalue weighted by atomic mass is 10.1. The minimum absolute atomic E-state index is 0.00308. The molecule has 3 rings (SSSR count). The van der Waals surface area contributed by atoms with E-state index < -0.39 is 0 Å². The van der Waals surface area contributed by atoms with Crippen molar-refractivity contribution < 1.29 is 0 Å². The van der Waals surface area contributed by atoms with Crippen LogP contribution in [0.1, 0.15) is 26.3 Å². The highest BCUT2D eigenvalue weighted by molar-refractivity contribution is 7.73. The van der Waals surface area contributed by atoms with Crippen molar-refractivity contribution in [1.29, 1.82) is 0 Å². The Balaban J connectivity index is 1.58. The van der Waals surface area contributed by atoms with Gasteiger partial charge < -0.3 is 10.2 Å². The van der Waals surface area contributed by atoms with Crippen molar-refractivity contribution in [2.75, 3.05) is 36.4 Å². The largest absolute Gasteiger partial charge is 0.369 e. The molecule has 0 atom stereocenters. The summed E-state index contributed by atoms with van der Waals surface area (Å²) in [5.41, 5.74) is 2.63. The summed E-state index contributed by atoms with van der Waals surface area (Å²) >= 11 is 7.03. The van der Waals surface area contributed by atoms with E-state index in [9.17, 15) is 0 Å². The van der Waals surface area contributed by atoms with Crippen LogP contribution in [-0.4, -0.2) is 46.4 Å². The van der Waals surface area contributed by atoms with E-state index in [1.165, 1.54) is 11.3 Å². The Kier molecular flexibility index (Phi) is 5.46. The quantitative estimate of drug-likeness (QED) is 0.816. The van der Waals surface area contributed by atoms with Gasteiger partial charge in [0.15, 0.2) is 3.95 Å². The van der Waals surface area contributed by atoms with Crippen molar-refractivity contribution in [2.24, 2.45) is 0 Å². The average Bonchev–Trinajstić information content (AvgIpc) is 2.85. The summed E-state index contributed by atoms with van der Waals surface area (Å²) in [5.74, 6) is 0. The monoisotopic (exact) mass is 377 g/mol. The predicted molar refractivity (Wildman–Crippen MR) is 109 cm³/mol. The molecular weight excluding hydrogens is 350 g/mol. The number of nitrogens with one attached hydrogen (secondary N) is 1. The van der Waals surface area contributed by atoms with Gasteiger partial charge in [0, 0.05) is 37.4 Å². The van der Waals surface area contributed by atoms with Crippen LogP contribution < -0.4 is 10.2 Å². The van der Waals surface area contributed by atoms with E-state index in [0.29, 0.717) is 0 Å². The third-order valence-electron chi connectivity index (χ3n) is 4.16. The topological polar surface area (TPSA) is 36.3 Å². The Morgan fingerprint density at radius 3 is 2.56 bits per heavy atom. The van der Waals surface area contributed by atoms with Gasteiger partial charge in [-0.25, -0.2) is 4.68 Å². The molecule has 2 aromatic rings. The summed E-state index contributed by atoms with van der Waals surface area (Å²) in [4.78, 5) is 4.87. The van der Waals surface area contributed by atoms with E-state index in [4.69, 9.17) is 12.2 Å². The fourth-order valence-corrected chi connectivity index (χ4v) is 4.13. The van der Waals surface area contributed by atoms with E-state index in [1.54, 1.807) is 11.3 Å². The fraction of sp³-hybridized carbons (Fsp3) is 0.556. The van der Waals surface area contributed by atoms with Crippen LogP contribution in [0.2, 0.25) is 0 Å². The molecule has 1 aliphatic rings. The maximum atomic E-state index is 5.49. The van der Waals surface area contributed by atoms with Crippen LogP contribution in [0.3, 0.4) is 0 Å². The molecule has 25 heavy (non-hydrogen) atoms. The number of nitrogens with zero attached hydrogens (tertiary/aromatic N) is 4. The summed E-state index contributed by atoms with van der Waals surface area (Å²) in [6.07, 6.45) is 0. The molecule has 0 amide bonds. The van der Waals surface area contributed by atoms with Crippen molar-refractivity contribution in [2.45, 2.75) is 39.9 Å². The fourth-order valence-electron chi connectivity index (χ4n) is 2.93. The van der Waals surface area contributed by atoms with Gasteiger partial charge in [-0.05, 0) is 57.6 Å². The molecule has 0 bridgehead atoms. The maximum absolute atomic E-state index is 5.49. The summed E-state index contributed by atoms with van der Waals surface area (Å²) in [7, 11) is 0. The van der Waals surface area contributed by atoms with Crippen molar-refractivity contribution in [1.82, 2.24) is 14.7 Å². The molecule has 136 valence electrons. The molecule has 0 spiro atoms. The van der Waals surface area contributed by atoms with Crippen LogP contribution >= 0.6 is 23.6 Å². The molecule has 1 fully saturated rings. The molecular formula is C18H27N5S2. The number of aromatic nitrogens is 2. The third-order valence-corrected chi connectivity index (χ3v) is 5.38. The molecule has 0 unspecified atom stereocenters. The van der Waals surface area contributed by atoms with E-state index in [0.717, 1.165) is 41.9 Å². The van der Waals surface area contributed by atoms with Gasteiger partial charge in [0.05, 0.1) is 6.67 Å². The van der Waals surface area contributed by atoms with Crippen LogP contribution in [0.25, 0.3) is 0 Å². The Labute approximate surface area is 159 Å². The molecule has 0 radical (unpaired) electrons. The molecule has 1 N–H and O–H groups in total. The molecule has 1 aliphatic heterocycles. The summed E-state index contributed by atoms with van der Waals surface area (Å²) in [6, 6.07) is 8.74. The van der Waals surface area contributed by atoms with Gasteiger partial charge in [0.1, 0.15) is 0 Å².